The SMILES string of the molecule is Cc1cc(CC(=O)N2CCNCC2)c(C)s1. The Labute approximate surface area is 100 Å². The summed E-state index contributed by atoms with van der Waals surface area (Å²) in [5, 5.41) is 3.26. The third kappa shape index (κ3) is 2.62. The summed E-state index contributed by atoms with van der Waals surface area (Å²) in [5.41, 5.74) is 1.20. The fourth-order valence-electron chi connectivity index (χ4n) is 2.05. The number of hydrogen-bond donors (Lipinski definition) is 1. The summed E-state index contributed by atoms with van der Waals surface area (Å²) in [4.78, 5) is 16.6. The van der Waals surface area contributed by atoms with Gasteiger partial charge in [-0.2, -0.15) is 0 Å². The number of hydrogen-bond acceptors (Lipinski definition) is 3. The molecule has 1 saturated heterocycles. The quantitative estimate of drug-likeness (QED) is 0.843. The van der Waals surface area contributed by atoms with Gasteiger partial charge in [0.25, 0.3) is 0 Å². The summed E-state index contributed by atoms with van der Waals surface area (Å²) in [7, 11) is 0. The van der Waals surface area contributed by atoms with Crippen molar-refractivity contribution in [2.75, 3.05) is 26.2 Å². The van der Waals surface area contributed by atoms with E-state index in [4.69, 9.17) is 0 Å². The molecule has 0 saturated carbocycles. The van der Waals surface area contributed by atoms with E-state index in [9.17, 15) is 4.79 Å². The van der Waals surface area contributed by atoms with Crippen LogP contribution in [0.5, 0.6) is 0 Å². The van der Waals surface area contributed by atoms with Gasteiger partial charge >= 0.3 is 0 Å². The lowest BCUT2D eigenvalue weighted by molar-refractivity contribution is -0.131. The molecular weight excluding hydrogens is 220 g/mol. The normalized spacial score (nSPS) is 16.5. The van der Waals surface area contributed by atoms with Gasteiger partial charge in [0.05, 0.1) is 6.42 Å². The molecule has 1 fully saturated rings. The zero-order valence-electron chi connectivity index (χ0n) is 9.88. The summed E-state index contributed by atoms with van der Waals surface area (Å²) < 4.78 is 0. The van der Waals surface area contributed by atoms with Crippen molar-refractivity contribution in [3.8, 4) is 0 Å². The highest BCUT2D eigenvalue weighted by Crippen LogP contribution is 2.21. The molecule has 1 N–H and O–H groups in total. The molecule has 1 aromatic heterocycles. The molecule has 2 rings (SSSR count). The van der Waals surface area contributed by atoms with Crippen LogP contribution in [0, 0.1) is 13.8 Å². The molecule has 1 aliphatic rings. The van der Waals surface area contributed by atoms with Crippen LogP contribution in [0.2, 0.25) is 0 Å². The molecule has 88 valence electrons. The van der Waals surface area contributed by atoms with Crippen LogP contribution in [0.3, 0.4) is 0 Å². The van der Waals surface area contributed by atoms with Gasteiger partial charge in [-0.25, -0.2) is 0 Å². The van der Waals surface area contributed by atoms with Crippen molar-refractivity contribution in [2.45, 2.75) is 20.3 Å². The van der Waals surface area contributed by atoms with Crippen molar-refractivity contribution in [3.63, 3.8) is 0 Å². The molecule has 3 nitrogen and oxygen atoms in total. The van der Waals surface area contributed by atoms with Crippen molar-refractivity contribution in [2.24, 2.45) is 0 Å². The van der Waals surface area contributed by atoms with Gasteiger partial charge in [-0.3, -0.25) is 4.79 Å². The smallest absolute Gasteiger partial charge is 0.227 e. The maximum Gasteiger partial charge on any atom is 0.227 e. The molecule has 0 bridgehead atoms. The predicted molar refractivity (Wildman–Crippen MR) is 66.9 cm³/mol. The third-order valence-corrected chi connectivity index (χ3v) is 3.96. The lowest BCUT2D eigenvalue weighted by Crippen LogP contribution is -2.46. The summed E-state index contributed by atoms with van der Waals surface area (Å²) >= 11 is 1.77. The first-order valence-corrected chi connectivity index (χ1v) is 6.53. The van der Waals surface area contributed by atoms with Crippen LogP contribution in [0.15, 0.2) is 6.07 Å². The molecular formula is C12H18N2OS. The standard InChI is InChI=1S/C12H18N2OS/c1-9-7-11(10(2)16-9)8-12(15)14-5-3-13-4-6-14/h7,13H,3-6,8H2,1-2H3. The van der Waals surface area contributed by atoms with Gasteiger partial charge < -0.3 is 10.2 Å². The molecule has 1 aliphatic heterocycles. The molecule has 4 heteroatoms. The van der Waals surface area contributed by atoms with Gasteiger partial charge in [-0.1, -0.05) is 0 Å². The lowest BCUT2D eigenvalue weighted by atomic mass is 10.1. The van der Waals surface area contributed by atoms with Crippen LogP contribution in [-0.2, 0) is 11.2 Å². The van der Waals surface area contributed by atoms with Gasteiger partial charge in [0.15, 0.2) is 0 Å². The van der Waals surface area contributed by atoms with Crippen molar-refractivity contribution in [3.05, 3.63) is 21.4 Å². The second-order valence-electron chi connectivity index (χ2n) is 4.25. The summed E-state index contributed by atoms with van der Waals surface area (Å²) in [6.45, 7) is 7.73. The second kappa shape index (κ2) is 4.97. The molecule has 0 aliphatic carbocycles. The van der Waals surface area contributed by atoms with E-state index in [1.165, 1.54) is 15.3 Å². The predicted octanol–water partition coefficient (Wildman–Crippen LogP) is 1.34. The first-order valence-electron chi connectivity index (χ1n) is 5.71. The van der Waals surface area contributed by atoms with Crippen molar-refractivity contribution < 1.29 is 4.79 Å². The van der Waals surface area contributed by atoms with Crippen LogP contribution in [-0.4, -0.2) is 37.0 Å². The zero-order chi connectivity index (χ0) is 11.5. The van der Waals surface area contributed by atoms with E-state index in [1.54, 1.807) is 11.3 Å². The number of rotatable bonds is 2. The molecule has 0 atom stereocenters. The largest absolute Gasteiger partial charge is 0.340 e. The fourth-order valence-corrected chi connectivity index (χ4v) is 2.99. The van der Waals surface area contributed by atoms with Gasteiger partial charge in [0, 0.05) is 35.9 Å². The van der Waals surface area contributed by atoms with E-state index in [0.29, 0.717) is 6.42 Å². The summed E-state index contributed by atoms with van der Waals surface area (Å²) in [5.74, 6) is 0.266. The first-order chi connectivity index (χ1) is 7.66. The zero-order valence-corrected chi connectivity index (χ0v) is 10.7. The monoisotopic (exact) mass is 238 g/mol. The molecule has 0 radical (unpaired) electrons. The van der Waals surface area contributed by atoms with Gasteiger partial charge in [0.2, 0.25) is 5.91 Å². The Morgan fingerprint density at radius 1 is 1.44 bits per heavy atom. The van der Waals surface area contributed by atoms with E-state index in [2.05, 4.69) is 25.2 Å². The Balaban J connectivity index is 1.98. The molecule has 1 amide bonds. The van der Waals surface area contributed by atoms with Crippen molar-refractivity contribution in [1.82, 2.24) is 10.2 Å². The highest BCUT2D eigenvalue weighted by molar-refractivity contribution is 7.12. The van der Waals surface area contributed by atoms with Gasteiger partial charge in [0.1, 0.15) is 0 Å². The van der Waals surface area contributed by atoms with E-state index in [-0.39, 0.29) is 5.91 Å². The number of aryl methyl sites for hydroxylation is 2. The lowest BCUT2D eigenvalue weighted by Gasteiger charge is -2.27. The van der Waals surface area contributed by atoms with Crippen LogP contribution in [0.4, 0.5) is 0 Å². The first kappa shape index (κ1) is 11.6. The number of carbonyl (C=O) groups is 1. The van der Waals surface area contributed by atoms with E-state index < -0.39 is 0 Å². The average Bonchev–Trinajstić information content (AvgIpc) is 2.59. The highest BCUT2D eigenvalue weighted by Gasteiger charge is 2.17. The molecule has 0 aromatic carbocycles. The molecule has 0 spiro atoms. The second-order valence-corrected chi connectivity index (χ2v) is 5.71. The Morgan fingerprint density at radius 3 is 2.69 bits per heavy atom. The minimum Gasteiger partial charge on any atom is -0.340 e. The number of nitrogens with one attached hydrogen (secondary N) is 1. The van der Waals surface area contributed by atoms with E-state index in [1.807, 2.05) is 4.90 Å². The minimum atomic E-state index is 0.266. The highest BCUT2D eigenvalue weighted by atomic mass is 32.1. The number of carbonyl (C=O) groups excluding carboxylic acids is 1. The number of nitrogens with zero attached hydrogens (tertiary/aromatic N) is 1. The molecule has 16 heavy (non-hydrogen) atoms. The minimum absolute atomic E-state index is 0.266. The topological polar surface area (TPSA) is 32.3 Å². The third-order valence-electron chi connectivity index (χ3n) is 2.96. The van der Waals surface area contributed by atoms with Gasteiger partial charge in [-0.15, -0.1) is 11.3 Å². The molecule has 2 heterocycles. The molecule has 0 unspecified atom stereocenters. The van der Waals surface area contributed by atoms with Crippen LogP contribution >= 0.6 is 11.3 Å². The van der Waals surface area contributed by atoms with Crippen LogP contribution in [0.1, 0.15) is 15.3 Å². The van der Waals surface area contributed by atoms with Crippen molar-refractivity contribution in [1.29, 1.82) is 0 Å². The maximum atomic E-state index is 12.0. The number of piperazine rings is 1. The summed E-state index contributed by atoms with van der Waals surface area (Å²) in [6, 6.07) is 2.14. The van der Waals surface area contributed by atoms with E-state index >= 15 is 0 Å². The Hall–Kier alpha value is -0.870. The van der Waals surface area contributed by atoms with Crippen molar-refractivity contribution >= 4 is 17.2 Å². The van der Waals surface area contributed by atoms with E-state index in [0.717, 1.165) is 26.2 Å². The van der Waals surface area contributed by atoms with Crippen LogP contribution < -0.4 is 5.32 Å². The Bertz CT molecular complexity index is 380. The number of thiophene rings is 1. The summed E-state index contributed by atoms with van der Waals surface area (Å²) in [6.07, 6.45) is 0.566. The van der Waals surface area contributed by atoms with Gasteiger partial charge in [-0.05, 0) is 25.5 Å². The maximum absolute atomic E-state index is 12.0. The van der Waals surface area contributed by atoms with Crippen LogP contribution in [0.25, 0.3) is 0 Å². The fraction of sp³-hybridized carbons (Fsp3) is 0.583. The molecule has 1 aromatic rings. The average molecular weight is 238 g/mol. The number of amides is 1. The Kier molecular flexibility index (Phi) is 3.61. The Morgan fingerprint density at radius 2 is 2.12 bits per heavy atom.